The summed E-state index contributed by atoms with van der Waals surface area (Å²) in [6.45, 7) is -0.0854. The normalized spacial score (nSPS) is 13.3. The van der Waals surface area contributed by atoms with E-state index >= 15 is 0 Å². The van der Waals surface area contributed by atoms with Crippen LogP contribution in [-0.2, 0) is 6.54 Å². The molecule has 32 heavy (non-hydrogen) atoms. The molecule has 0 fully saturated rings. The van der Waals surface area contributed by atoms with Gasteiger partial charge in [-0.3, -0.25) is 9.89 Å². The highest BCUT2D eigenvalue weighted by Crippen LogP contribution is 2.37. The van der Waals surface area contributed by atoms with Gasteiger partial charge in [0.15, 0.2) is 0 Å². The summed E-state index contributed by atoms with van der Waals surface area (Å²) in [5.41, 5.74) is 1.07. The van der Waals surface area contributed by atoms with E-state index in [1.165, 1.54) is 24.3 Å². The van der Waals surface area contributed by atoms with Crippen LogP contribution < -0.4 is 15.5 Å². The molecular formula is C22H15F5N4O. The lowest BCUT2D eigenvalue weighted by molar-refractivity contribution is -0.0601. The smallest absolute Gasteiger partial charge is 0.308 e. The van der Waals surface area contributed by atoms with E-state index in [1.54, 1.807) is 24.3 Å². The molecule has 2 N–H and O–H groups in total. The van der Waals surface area contributed by atoms with Crippen LogP contribution in [0.3, 0.4) is 0 Å². The summed E-state index contributed by atoms with van der Waals surface area (Å²) in [6.07, 6.45) is -4.67. The van der Waals surface area contributed by atoms with Crippen molar-refractivity contribution in [2.24, 2.45) is 4.99 Å². The first-order valence-corrected chi connectivity index (χ1v) is 9.35. The first-order chi connectivity index (χ1) is 15.2. The third kappa shape index (κ3) is 4.39. The average Bonchev–Trinajstić information content (AvgIpc) is 2.75. The van der Waals surface area contributed by atoms with Gasteiger partial charge in [-0.25, -0.2) is 13.6 Å². The molecule has 0 aliphatic carbocycles. The zero-order chi connectivity index (χ0) is 22.9. The zero-order valence-electron chi connectivity index (χ0n) is 16.3. The third-order valence-electron chi connectivity index (χ3n) is 4.66. The molecule has 4 rings (SSSR count). The van der Waals surface area contributed by atoms with Gasteiger partial charge in [0, 0.05) is 17.4 Å². The highest BCUT2D eigenvalue weighted by Gasteiger charge is 2.43. The fourth-order valence-corrected chi connectivity index (χ4v) is 3.26. The second kappa shape index (κ2) is 8.29. The Hall–Kier alpha value is -3.95. The number of nitrogens with one attached hydrogen (secondary N) is 2. The van der Waals surface area contributed by atoms with Crippen molar-refractivity contribution in [3.8, 4) is 0 Å². The Morgan fingerprint density at radius 1 is 0.938 bits per heavy atom. The van der Waals surface area contributed by atoms with Gasteiger partial charge in [-0.05, 0) is 48.0 Å². The molecule has 2 amide bonds. The van der Waals surface area contributed by atoms with Crippen LogP contribution in [-0.4, -0.2) is 18.0 Å². The van der Waals surface area contributed by atoms with Crippen LogP contribution in [0.4, 0.5) is 49.5 Å². The fourth-order valence-electron chi connectivity index (χ4n) is 3.26. The zero-order valence-corrected chi connectivity index (χ0v) is 16.3. The standard InChI is InChI=1S/C22H15F5N4O/c23-14-5-10-17(24)18(11-14)30-21(32)29-15-6-8-16(9-7-15)31-19-4-2-1-3-13(19)12-28-20(31)22(25,26)27/h1-11H,12H2,(H2,29,30,32). The average molecular weight is 446 g/mol. The number of carbonyl (C=O) groups is 1. The highest BCUT2D eigenvalue weighted by molar-refractivity contribution is 6.09. The predicted molar refractivity (Wildman–Crippen MR) is 111 cm³/mol. The maximum absolute atomic E-state index is 13.7. The van der Waals surface area contributed by atoms with Crippen LogP contribution in [0.25, 0.3) is 0 Å². The molecule has 0 spiro atoms. The number of rotatable bonds is 3. The molecule has 10 heteroatoms. The van der Waals surface area contributed by atoms with Gasteiger partial charge in [0.25, 0.3) is 0 Å². The van der Waals surface area contributed by atoms with E-state index in [4.69, 9.17) is 0 Å². The minimum Gasteiger partial charge on any atom is -0.308 e. The largest absolute Gasteiger partial charge is 0.449 e. The molecule has 0 atom stereocenters. The lowest BCUT2D eigenvalue weighted by Gasteiger charge is -2.32. The molecule has 0 aromatic heterocycles. The monoisotopic (exact) mass is 446 g/mol. The summed E-state index contributed by atoms with van der Waals surface area (Å²) in [6, 6.07) is 14.0. The Labute approximate surface area is 179 Å². The lowest BCUT2D eigenvalue weighted by atomic mass is 10.1. The Morgan fingerprint density at radius 3 is 2.38 bits per heavy atom. The van der Waals surface area contributed by atoms with Gasteiger partial charge in [-0.15, -0.1) is 0 Å². The summed E-state index contributed by atoms with van der Waals surface area (Å²) in [7, 11) is 0. The summed E-state index contributed by atoms with van der Waals surface area (Å²) in [5, 5.41) is 4.59. The Morgan fingerprint density at radius 2 is 1.66 bits per heavy atom. The minimum atomic E-state index is -4.67. The lowest BCUT2D eigenvalue weighted by Crippen LogP contribution is -2.40. The molecule has 3 aromatic rings. The van der Waals surface area contributed by atoms with E-state index in [2.05, 4.69) is 15.6 Å². The summed E-state index contributed by atoms with van der Waals surface area (Å²) < 4.78 is 67.7. The van der Waals surface area contributed by atoms with Gasteiger partial charge >= 0.3 is 12.2 Å². The number of aliphatic imine (C=N–C) groups is 1. The molecule has 5 nitrogen and oxygen atoms in total. The van der Waals surface area contributed by atoms with E-state index in [1.807, 2.05) is 0 Å². The van der Waals surface area contributed by atoms with Gasteiger partial charge in [-0.2, -0.15) is 13.2 Å². The number of nitrogens with zero attached hydrogens (tertiary/aromatic N) is 2. The van der Waals surface area contributed by atoms with Crippen LogP contribution in [0.5, 0.6) is 0 Å². The van der Waals surface area contributed by atoms with E-state index < -0.39 is 29.7 Å². The summed E-state index contributed by atoms with van der Waals surface area (Å²) >= 11 is 0. The maximum Gasteiger partial charge on any atom is 0.449 e. The number of para-hydroxylation sites is 1. The van der Waals surface area contributed by atoms with Crippen LogP contribution in [0.2, 0.25) is 0 Å². The molecule has 164 valence electrons. The number of urea groups is 1. The van der Waals surface area contributed by atoms with E-state index in [0.717, 1.165) is 23.1 Å². The van der Waals surface area contributed by atoms with Crippen molar-refractivity contribution in [2.75, 3.05) is 15.5 Å². The van der Waals surface area contributed by atoms with E-state index in [9.17, 15) is 26.7 Å². The predicted octanol–water partition coefficient (Wildman–Crippen LogP) is 6.22. The van der Waals surface area contributed by atoms with E-state index in [0.29, 0.717) is 11.3 Å². The molecular weight excluding hydrogens is 431 g/mol. The molecule has 1 heterocycles. The van der Waals surface area contributed by atoms with Crippen LogP contribution in [0.1, 0.15) is 5.56 Å². The SMILES string of the molecule is O=C(Nc1ccc(N2C(C(F)(F)F)=NCc3ccccc32)cc1)Nc1cc(F)ccc1F. The van der Waals surface area contributed by atoms with Crippen molar-refractivity contribution in [1.29, 1.82) is 0 Å². The van der Waals surface area contributed by atoms with E-state index in [-0.39, 0.29) is 23.6 Å². The van der Waals surface area contributed by atoms with Crippen molar-refractivity contribution < 1.29 is 26.7 Å². The molecule has 0 saturated heterocycles. The molecule has 0 saturated carbocycles. The Kier molecular flexibility index (Phi) is 5.52. The molecule has 0 unspecified atom stereocenters. The molecule has 3 aromatic carbocycles. The van der Waals surface area contributed by atoms with Crippen LogP contribution >= 0.6 is 0 Å². The first kappa shape index (κ1) is 21.3. The Balaban J connectivity index is 1.56. The number of hydrogen-bond acceptors (Lipinski definition) is 3. The van der Waals surface area contributed by atoms with Gasteiger partial charge in [0.1, 0.15) is 11.6 Å². The molecule has 0 bridgehead atoms. The summed E-state index contributed by atoms with van der Waals surface area (Å²) in [5.74, 6) is -2.59. The summed E-state index contributed by atoms with van der Waals surface area (Å²) in [4.78, 5) is 16.8. The van der Waals surface area contributed by atoms with Crippen molar-refractivity contribution >= 4 is 34.6 Å². The van der Waals surface area contributed by atoms with Gasteiger partial charge in [-0.1, -0.05) is 18.2 Å². The number of benzene rings is 3. The number of amidine groups is 1. The number of alkyl halides is 3. The number of halogens is 5. The fraction of sp³-hybridized carbons (Fsp3) is 0.0909. The third-order valence-corrected chi connectivity index (χ3v) is 4.66. The molecule has 0 radical (unpaired) electrons. The van der Waals surface area contributed by atoms with Crippen molar-refractivity contribution in [3.05, 3.63) is 83.9 Å². The maximum atomic E-state index is 13.7. The number of fused-ring (bicyclic) bond motifs is 1. The topological polar surface area (TPSA) is 56.7 Å². The number of anilines is 4. The van der Waals surface area contributed by atoms with Gasteiger partial charge < -0.3 is 10.6 Å². The van der Waals surface area contributed by atoms with Crippen LogP contribution in [0.15, 0.2) is 71.7 Å². The number of hydrogen-bond donors (Lipinski definition) is 2. The number of carbonyl (C=O) groups excluding carboxylic acids is 1. The van der Waals surface area contributed by atoms with Gasteiger partial charge in [0.2, 0.25) is 5.84 Å². The van der Waals surface area contributed by atoms with Crippen LogP contribution in [0, 0.1) is 11.6 Å². The van der Waals surface area contributed by atoms with Crippen molar-refractivity contribution in [1.82, 2.24) is 0 Å². The van der Waals surface area contributed by atoms with Crippen molar-refractivity contribution in [2.45, 2.75) is 12.7 Å². The molecule has 1 aliphatic rings. The highest BCUT2D eigenvalue weighted by atomic mass is 19.4. The first-order valence-electron chi connectivity index (χ1n) is 9.35. The van der Waals surface area contributed by atoms with Gasteiger partial charge in [0.05, 0.1) is 17.9 Å². The van der Waals surface area contributed by atoms with Crippen molar-refractivity contribution in [3.63, 3.8) is 0 Å². The molecule has 1 aliphatic heterocycles. The Bertz CT molecular complexity index is 1190. The second-order valence-corrected chi connectivity index (χ2v) is 6.85. The minimum absolute atomic E-state index is 0.0854. The number of amides is 2. The quantitative estimate of drug-likeness (QED) is 0.469. The second-order valence-electron chi connectivity index (χ2n) is 6.85.